The monoisotopic (exact) mass is 316 g/mol. The topological polar surface area (TPSA) is 77.0 Å². The Bertz CT molecular complexity index is 583. The summed E-state index contributed by atoms with van der Waals surface area (Å²) in [7, 11) is 0. The number of aromatic nitrogens is 1. The van der Waals surface area contributed by atoms with E-state index in [1.54, 1.807) is 24.3 Å². The number of rotatable bonds is 3. The molecule has 5 N–H and O–H groups in total. The van der Waals surface area contributed by atoms with Crippen molar-refractivity contribution in [3.63, 3.8) is 0 Å². The molecule has 0 spiro atoms. The first-order valence-electron chi connectivity index (χ1n) is 5.34. The first kappa shape index (κ1) is 14.4. The van der Waals surface area contributed by atoms with Gasteiger partial charge in [-0.15, -0.1) is 0 Å². The van der Waals surface area contributed by atoms with Crippen molar-refractivity contribution in [3.05, 3.63) is 56.7 Å². The Kier molecular flexibility index (Phi) is 4.50. The number of anilines is 1. The Morgan fingerprint density at radius 3 is 2.21 bits per heavy atom. The van der Waals surface area contributed by atoms with Gasteiger partial charge in [-0.05, 0) is 29.8 Å². The summed E-state index contributed by atoms with van der Waals surface area (Å²) in [6.07, 6.45) is 1.47. The van der Waals surface area contributed by atoms with Crippen molar-refractivity contribution in [2.45, 2.75) is 6.04 Å². The van der Waals surface area contributed by atoms with Gasteiger partial charge in [0.05, 0.1) is 11.1 Å². The number of nitrogens with two attached hydrogens (primary N) is 2. The molecule has 0 aliphatic rings. The molecule has 1 unspecified atom stereocenters. The van der Waals surface area contributed by atoms with Crippen LogP contribution in [0.1, 0.15) is 17.2 Å². The van der Waals surface area contributed by atoms with Crippen molar-refractivity contribution < 1.29 is 0 Å². The molecule has 0 amide bonds. The molecule has 4 nitrogen and oxygen atoms in total. The first-order chi connectivity index (χ1) is 9.01. The highest BCUT2D eigenvalue weighted by atomic mass is 35.5. The van der Waals surface area contributed by atoms with E-state index < -0.39 is 6.04 Å². The van der Waals surface area contributed by atoms with E-state index in [1.165, 1.54) is 6.20 Å². The van der Waals surface area contributed by atoms with Gasteiger partial charge in [-0.25, -0.2) is 10.4 Å². The molecule has 0 bridgehead atoms. The number of nitrogens with one attached hydrogen (secondary N) is 1. The lowest BCUT2D eigenvalue weighted by Crippen LogP contribution is -2.29. The predicted octanol–water partition coefficient (Wildman–Crippen LogP) is 3.18. The molecule has 1 aromatic carbocycles. The van der Waals surface area contributed by atoms with Gasteiger partial charge in [0.25, 0.3) is 0 Å². The summed E-state index contributed by atoms with van der Waals surface area (Å²) in [5.41, 5.74) is 9.94. The molecule has 2 aromatic rings. The average Bonchev–Trinajstić information content (AvgIpc) is 2.33. The second-order valence-electron chi connectivity index (χ2n) is 3.93. The molecule has 1 heterocycles. The van der Waals surface area contributed by atoms with E-state index in [9.17, 15) is 0 Å². The Balaban J connectivity index is 2.52. The number of hydrogen-bond acceptors (Lipinski definition) is 4. The van der Waals surface area contributed by atoms with Gasteiger partial charge in [-0.3, -0.25) is 5.84 Å². The minimum absolute atomic E-state index is 0.337. The summed E-state index contributed by atoms with van der Waals surface area (Å²) >= 11 is 17.9. The van der Waals surface area contributed by atoms with E-state index in [4.69, 9.17) is 46.4 Å². The summed E-state index contributed by atoms with van der Waals surface area (Å²) in [5, 5.41) is 1.49. The van der Waals surface area contributed by atoms with Crippen LogP contribution in [0.15, 0.2) is 30.5 Å². The number of nitrogens with zero attached hydrogens (tertiary/aromatic N) is 1. The highest BCUT2D eigenvalue weighted by molar-refractivity contribution is 6.34. The zero-order chi connectivity index (χ0) is 14.0. The van der Waals surface area contributed by atoms with Crippen molar-refractivity contribution in [1.29, 1.82) is 0 Å². The van der Waals surface area contributed by atoms with Gasteiger partial charge in [0.2, 0.25) is 0 Å². The highest BCUT2D eigenvalue weighted by Gasteiger charge is 2.17. The van der Waals surface area contributed by atoms with Crippen LogP contribution < -0.4 is 17.0 Å². The van der Waals surface area contributed by atoms with Crippen LogP contribution in [0.2, 0.25) is 15.1 Å². The standard InChI is InChI=1S/C12H11Cl3N4/c13-7-1-6(2-8(14)3-7)11(19-17)10-4-9(15)5-18-12(10)16/h1-5,11,19H,17H2,(H2,16,18). The summed E-state index contributed by atoms with van der Waals surface area (Å²) < 4.78 is 0. The van der Waals surface area contributed by atoms with E-state index in [1.807, 2.05) is 0 Å². The van der Waals surface area contributed by atoms with Crippen LogP contribution in [-0.2, 0) is 0 Å². The van der Waals surface area contributed by atoms with Crippen molar-refractivity contribution in [2.75, 3.05) is 5.73 Å². The SMILES string of the molecule is NNC(c1cc(Cl)cc(Cl)c1)c1cc(Cl)cnc1N. The molecule has 0 saturated heterocycles. The lowest BCUT2D eigenvalue weighted by Gasteiger charge is -2.19. The Labute approximate surface area is 125 Å². The zero-order valence-electron chi connectivity index (χ0n) is 9.70. The Morgan fingerprint density at radius 2 is 1.63 bits per heavy atom. The molecular weight excluding hydrogens is 307 g/mol. The van der Waals surface area contributed by atoms with Crippen LogP contribution in [0.25, 0.3) is 0 Å². The van der Waals surface area contributed by atoms with Crippen molar-refractivity contribution in [2.24, 2.45) is 5.84 Å². The number of pyridine rings is 1. The maximum absolute atomic E-state index is 5.98. The van der Waals surface area contributed by atoms with Crippen LogP contribution in [0, 0.1) is 0 Å². The zero-order valence-corrected chi connectivity index (χ0v) is 12.0. The predicted molar refractivity (Wildman–Crippen MR) is 79.3 cm³/mol. The number of nitrogen functional groups attached to an aromatic ring is 1. The van der Waals surface area contributed by atoms with Crippen molar-refractivity contribution in [1.82, 2.24) is 10.4 Å². The molecule has 0 radical (unpaired) electrons. The van der Waals surface area contributed by atoms with E-state index >= 15 is 0 Å². The third kappa shape index (κ3) is 3.29. The molecule has 19 heavy (non-hydrogen) atoms. The number of hydrazine groups is 1. The Hall–Kier alpha value is -1.04. The number of hydrogen-bond donors (Lipinski definition) is 3. The minimum Gasteiger partial charge on any atom is -0.383 e. The highest BCUT2D eigenvalue weighted by Crippen LogP contribution is 2.30. The average molecular weight is 318 g/mol. The minimum atomic E-state index is -0.401. The van der Waals surface area contributed by atoms with E-state index in [0.717, 1.165) is 5.56 Å². The lowest BCUT2D eigenvalue weighted by atomic mass is 10.00. The summed E-state index contributed by atoms with van der Waals surface area (Å²) in [4.78, 5) is 4.00. The molecule has 7 heteroatoms. The quantitative estimate of drug-likeness (QED) is 0.600. The fourth-order valence-electron chi connectivity index (χ4n) is 1.80. The first-order valence-corrected chi connectivity index (χ1v) is 6.47. The molecular formula is C12H11Cl3N4. The van der Waals surface area contributed by atoms with Gasteiger partial charge in [0.1, 0.15) is 5.82 Å². The second kappa shape index (κ2) is 5.94. The van der Waals surface area contributed by atoms with Gasteiger partial charge in [0, 0.05) is 21.8 Å². The van der Waals surface area contributed by atoms with Crippen molar-refractivity contribution in [3.8, 4) is 0 Å². The van der Waals surface area contributed by atoms with E-state index in [-0.39, 0.29) is 0 Å². The maximum atomic E-state index is 5.98. The summed E-state index contributed by atoms with van der Waals surface area (Å²) in [5.74, 6) is 5.93. The Morgan fingerprint density at radius 1 is 1.00 bits per heavy atom. The molecule has 0 saturated carbocycles. The van der Waals surface area contributed by atoms with Crippen LogP contribution >= 0.6 is 34.8 Å². The summed E-state index contributed by atoms with van der Waals surface area (Å²) in [6.45, 7) is 0. The lowest BCUT2D eigenvalue weighted by molar-refractivity contribution is 0.637. The largest absolute Gasteiger partial charge is 0.383 e. The van der Waals surface area contributed by atoms with Gasteiger partial charge < -0.3 is 5.73 Å². The van der Waals surface area contributed by atoms with Crippen LogP contribution in [-0.4, -0.2) is 4.98 Å². The third-order valence-electron chi connectivity index (χ3n) is 2.61. The van der Waals surface area contributed by atoms with Gasteiger partial charge >= 0.3 is 0 Å². The fourth-order valence-corrected chi connectivity index (χ4v) is 2.51. The number of halogens is 3. The maximum Gasteiger partial charge on any atom is 0.128 e. The van der Waals surface area contributed by atoms with Gasteiger partial charge in [-0.2, -0.15) is 0 Å². The van der Waals surface area contributed by atoms with E-state index in [0.29, 0.717) is 26.4 Å². The van der Waals surface area contributed by atoms with E-state index in [2.05, 4.69) is 10.4 Å². The van der Waals surface area contributed by atoms with Crippen LogP contribution in [0.4, 0.5) is 5.82 Å². The molecule has 100 valence electrons. The second-order valence-corrected chi connectivity index (χ2v) is 5.24. The molecule has 0 aliphatic carbocycles. The molecule has 2 rings (SSSR count). The van der Waals surface area contributed by atoms with Crippen molar-refractivity contribution >= 4 is 40.6 Å². The molecule has 1 aromatic heterocycles. The number of benzene rings is 1. The smallest absolute Gasteiger partial charge is 0.128 e. The fraction of sp³-hybridized carbons (Fsp3) is 0.0833. The summed E-state index contributed by atoms with van der Waals surface area (Å²) in [6, 6.07) is 6.43. The molecule has 0 aliphatic heterocycles. The van der Waals surface area contributed by atoms with Gasteiger partial charge in [-0.1, -0.05) is 34.8 Å². The van der Waals surface area contributed by atoms with Crippen LogP contribution in [0.5, 0.6) is 0 Å². The van der Waals surface area contributed by atoms with Crippen LogP contribution in [0.3, 0.4) is 0 Å². The molecule has 0 fully saturated rings. The van der Waals surface area contributed by atoms with Gasteiger partial charge in [0.15, 0.2) is 0 Å². The third-order valence-corrected chi connectivity index (χ3v) is 3.26. The normalized spacial score (nSPS) is 12.4. The molecule has 1 atom stereocenters.